The van der Waals surface area contributed by atoms with Crippen molar-refractivity contribution in [3.63, 3.8) is 0 Å². The standard InChI is InChI=1S/C19H14F3NO2S/c20-19(21,22)26-17-9-6-14(7-10-17)8-11-18-23-15(13-25-18)12-24-16-4-2-1-3-5-16/h1-11,13H,12H2. The number of alkyl halides is 3. The molecule has 3 aromatic rings. The molecule has 3 nitrogen and oxygen atoms in total. The van der Waals surface area contributed by atoms with Gasteiger partial charge in [0.2, 0.25) is 5.89 Å². The van der Waals surface area contributed by atoms with Crippen molar-refractivity contribution in [1.29, 1.82) is 0 Å². The molecule has 134 valence electrons. The molecule has 0 saturated carbocycles. The largest absolute Gasteiger partial charge is 0.487 e. The van der Waals surface area contributed by atoms with E-state index in [0.717, 1.165) is 11.3 Å². The first kappa shape index (κ1) is 18.1. The van der Waals surface area contributed by atoms with Crippen molar-refractivity contribution in [2.45, 2.75) is 17.0 Å². The number of nitrogens with zero attached hydrogens (tertiary/aromatic N) is 1. The molecule has 1 heterocycles. The third-order valence-electron chi connectivity index (χ3n) is 3.23. The normalized spacial score (nSPS) is 11.8. The Morgan fingerprint density at radius 3 is 2.42 bits per heavy atom. The fourth-order valence-electron chi connectivity index (χ4n) is 2.09. The SMILES string of the molecule is FC(F)(F)Sc1ccc(C=Cc2nc(COc3ccccc3)co2)cc1. The van der Waals surface area contributed by atoms with Crippen LogP contribution in [0.25, 0.3) is 12.2 Å². The Labute approximate surface area is 152 Å². The van der Waals surface area contributed by atoms with Crippen molar-refractivity contribution < 1.29 is 22.3 Å². The van der Waals surface area contributed by atoms with E-state index in [4.69, 9.17) is 9.15 Å². The molecule has 0 unspecified atom stereocenters. The smallest absolute Gasteiger partial charge is 0.446 e. The molecule has 0 N–H and O–H groups in total. The Bertz CT molecular complexity index is 858. The van der Waals surface area contributed by atoms with Gasteiger partial charge in [0.1, 0.15) is 24.3 Å². The second-order valence-corrected chi connectivity index (χ2v) is 6.37. The fraction of sp³-hybridized carbons (Fsp3) is 0.105. The van der Waals surface area contributed by atoms with Gasteiger partial charge in [-0.25, -0.2) is 4.98 Å². The van der Waals surface area contributed by atoms with E-state index in [1.54, 1.807) is 24.3 Å². The first-order chi connectivity index (χ1) is 12.5. The molecule has 0 radical (unpaired) electrons. The molecule has 0 fully saturated rings. The molecule has 0 atom stereocenters. The number of aromatic nitrogens is 1. The fourth-order valence-corrected chi connectivity index (χ4v) is 2.63. The number of hydrogen-bond donors (Lipinski definition) is 0. The highest BCUT2D eigenvalue weighted by atomic mass is 32.2. The van der Waals surface area contributed by atoms with E-state index < -0.39 is 5.51 Å². The second kappa shape index (κ2) is 8.14. The summed E-state index contributed by atoms with van der Waals surface area (Å²) in [6.07, 6.45) is 4.87. The highest BCUT2D eigenvalue weighted by molar-refractivity contribution is 8.00. The monoisotopic (exact) mass is 377 g/mol. The van der Waals surface area contributed by atoms with Crippen LogP contribution in [0.1, 0.15) is 17.1 Å². The van der Waals surface area contributed by atoms with E-state index in [2.05, 4.69) is 4.98 Å². The maximum Gasteiger partial charge on any atom is 0.446 e. The van der Waals surface area contributed by atoms with Gasteiger partial charge in [0.25, 0.3) is 0 Å². The zero-order chi connectivity index (χ0) is 18.4. The summed E-state index contributed by atoms with van der Waals surface area (Å²) in [6, 6.07) is 15.4. The minimum Gasteiger partial charge on any atom is -0.487 e. The molecule has 1 aromatic heterocycles. The molecule has 2 aromatic carbocycles. The van der Waals surface area contributed by atoms with Gasteiger partial charge < -0.3 is 9.15 Å². The predicted octanol–water partition coefficient (Wildman–Crippen LogP) is 6.04. The van der Waals surface area contributed by atoms with Gasteiger partial charge in [0, 0.05) is 11.0 Å². The number of oxazole rings is 1. The summed E-state index contributed by atoms with van der Waals surface area (Å²) in [6.45, 7) is 0.282. The lowest BCUT2D eigenvalue weighted by Gasteiger charge is -2.05. The lowest BCUT2D eigenvalue weighted by atomic mass is 10.2. The van der Waals surface area contributed by atoms with E-state index >= 15 is 0 Å². The summed E-state index contributed by atoms with van der Waals surface area (Å²) in [5, 5.41) is 0. The summed E-state index contributed by atoms with van der Waals surface area (Å²) in [5.74, 6) is 1.13. The van der Waals surface area contributed by atoms with Crippen molar-refractivity contribution in [2.24, 2.45) is 0 Å². The summed E-state index contributed by atoms with van der Waals surface area (Å²) in [5.41, 5.74) is -2.89. The second-order valence-electron chi connectivity index (χ2n) is 5.23. The van der Waals surface area contributed by atoms with Crippen molar-refractivity contribution in [1.82, 2.24) is 4.98 Å². The Kier molecular flexibility index (Phi) is 5.68. The molecule has 0 amide bonds. The van der Waals surface area contributed by atoms with Crippen LogP contribution in [0, 0.1) is 0 Å². The zero-order valence-electron chi connectivity index (χ0n) is 13.4. The first-order valence-electron chi connectivity index (χ1n) is 7.64. The van der Waals surface area contributed by atoms with Crippen molar-refractivity contribution in [3.05, 3.63) is 78.0 Å². The van der Waals surface area contributed by atoms with Crippen LogP contribution in [-0.4, -0.2) is 10.5 Å². The van der Waals surface area contributed by atoms with E-state index in [1.165, 1.54) is 18.4 Å². The zero-order valence-corrected chi connectivity index (χ0v) is 14.3. The molecule has 0 bridgehead atoms. The Hall–Kier alpha value is -2.67. The maximum atomic E-state index is 12.3. The summed E-state index contributed by atoms with van der Waals surface area (Å²) in [7, 11) is 0. The topological polar surface area (TPSA) is 35.3 Å². The van der Waals surface area contributed by atoms with E-state index in [0.29, 0.717) is 11.6 Å². The van der Waals surface area contributed by atoms with Crippen molar-refractivity contribution in [3.8, 4) is 5.75 Å². The highest BCUT2D eigenvalue weighted by Gasteiger charge is 2.28. The van der Waals surface area contributed by atoms with Crippen LogP contribution in [0.3, 0.4) is 0 Å². The van der Waals surface area contributed by atoms with Gasteiger partial charge >= 0.3 is 5.51 Å². The lowest BCUT2D eigenvalue weighted by molar-refractivity contribution is -0.0328. The minimum absolute atomic E-state index is 0.138. The van der Waals surface area contributed by atoms with Gasteiger partial charge in [0.15, 0.2) is 0 Å². The van der Waals surface area contributed by atoms with Crippen molar-refractivity contribution >= 4 is 23.9 Å². The maximum absolute atomic E-state index is 12.3. The third kappa shape index (κ3) is 5.70. The van der Waals surface area contributed by atoms with Gasteiger partial charge in [-0.05, 0) is 47.7 Å². The van der Waals surface area contributed by atoms with Gasteiger partial charge in [-0.2, -0.15) is 13.2 Å². The minimum atomic E-state index is -4.28. The Balaban J connectivity index is 1.56. The van der Waals surface area contributed by atoms with Gasteiger partial charge in [0.05, 0.1) is 0 Å². The molecular weight excluding hydrogens is 363 g/mol. The molecule has 26 heavy (non-hydrogen) atoms. The molecule has 0 aliphatic carbocycles. The van der Waals surface area contributed by atoms with E-state index in [-0.39, 0.29) is 23.3 Å². The number of rotatable bonds is 6. The molecule has 0 spiro atoms. The molecular formula is C19H14F3NO2S. The Morgan fingerprint density at radius 2 is 1.73 bits per heavy atom. The average Bonchev–Trinajstić information content (AvgIpc) is 3.07. The summed E-state index contributed by atoms with van der Waals surface area (Å²) in [4.78, 5) is 4.42. The summed E-state index contributed by atoms with van der Waals surface area (Å²) >= 11 is -0.138. The van der Waals surface area contributed by atoms with Crippen LogP contribution in [0.5, 0.6) is 5.75 Å². The number of halogens is 3. The average molecular weight is 377 g/mol. The first-order valence-corrected chi connectivity index (χ1v) is 8.46. The number of para-hydroxylation sites is 1. The number of ether oxygens (including phenoxy) is 1. The number of thioether (sulfide) groups is 1. The number of benzene rings is 2. The van der Waals surface area contributed by atoms with Crippen LogP contribution in [0.4, 0.5) is 13.2 Å². The molecule has 0 saturated heterocycles. The predicted molar refractivity (Wildman–Crippen MR) is 94.6 cm³/mol. The molecule has 3 rings (SSSR count). The van der Waals surface area contributed by atoms with Crippen LogP contribution in [0.15, 0.2) is 70.2 Å². The van der Waals surface area contributed by atoms with Gasteiger partial charge in [-0.3, -0.25) is 0 Å². The van der Waals surface area contributed by atoms with Gasteiger partial charge in [-0.15, -0.1) is 0 Å². The van der Waals surface area contributed by atoms with E-state index in [1.807, 2.05) is 30.3 Å². The van der Waals surface area contributed by atoms with Crippen molar-refractivity contribution in [2.75, 3.05) is 0 Å². The van der Waals surface area contributed by atoms with Gasteiger partial charge in [-0.1, -0.05) is 30.3 Å². The van der Waals surface area contributed by atoms with Crippen LogP contribution in [0.2, 0.25) is 0 Å². The molecule has 0 aliphatic rings. The Morgan fingerprint density at radius 1 is 1.00 bits per heavy atom. The lowest BCUT2D eigenvalue weighted by Crippen LogP contribution is -1.98. The summed E-state index contributed by atoms with van der Waals surface area (Å²) < 4.78 is 47.8. The van der Waals surface area contributed by atoms with Crippen LogP contribution >= 0.6 is 11.8 Å². The highest BCUT2D eigenvalue weighted by Crippen LogP contribution is 2.36. The molecule has 0 aliphatic heterocycles. The quantitative estimate of drug-likeness (QED) is 0.491. The van der Waals surface area contributed by atoms with E-state index in [9.17, 15) is 13.2 Å². The third-order valence-corrected chi connectivity index (χ3v) is 3.97. The molecule has 7 heteroatoms. The van der Waals surface area contributed by atoms with Crippen LogP contribution < -0.4 is 4.74 Å². The van der Waals surface area contributed by atoms with Crippen LogP contribution in [-0.2, 0) is 6.61 Å². The number of hydrogen-bond acceptors (Lipinski definition) is 4.